The molecule has 1 fully saturated rings. The quantitative estimate of drug-likeness (QED) is 0.252. The van der Waals surface area contributed by atoms with Crippen molar-refractivity contribution >= 4 is 13.7 Å². The topological polar surface area (TPSA) is 220 Å². The molecule has 0 saturated carbocycles. The molecule has 29 heavy (non-hydrogen) atoms. The molecule has 1 aromatic rings. The van der Waals surface area contributed by atoms with Gasteiger partial charge in [-0.2, -0.15) is 4.39 Å². The molecule has 0 spiro atoms. The number of carbonyl (C=O) groups excluding carboxylic acids is 1. The number of nitrogens with two attached hydrogens (primary N) is 2. The Morgan fingerprint density at radius 3 is 2.48 bits per heavy atom. The highest BCUT2D eigenvalue weighted by atomic mass is 31.2. The van der Waals surface area contributed by atoms with Gasteiger partial charge in [0.05, 0.1) is 12.8 Å². The van der Waals surface area contributed by atoms with E-state index < -0.39 is 62.1 Å². The number of primary amides is 1. The van der Waals surface area contributed by atoms with E-state index in [9.17, 15) is 28.8 Å². The Hall–Kier alpha value is -1.77. The smallest absolute Gasteiger partial charge is 0.387 e. The summed E-state index contributed by atoms with van der Waals surface area (Å²) >= 11 is 0. The first-order chi connectivity index (χ1) is 13.4. The van der Waals surface area contributed by atoms with Crippen molar-refractivity contribution in [2.45, 2.75) is 44.3 Å². The van der Waals surface area contributed by atoms with Crippen LogP contribution in [-0.4, -0.2) is 66.9 Å². The second-order valence-corrected chi connectivity index (χ2v) is 7.20. The summed E-state index contributed by atoms with van der Waals surface area (Å²) in [6.07, 6.45) is -3.68. The minimum atomic E-state index is -4.87. The fraction of sp³-hybridized carbons (Fsp3) is 0.643. The zero-order valence-corrected chi connectivity index (χ0v) is 16.3. The van der Waals surface area contributed by atoms with Crippen molar-refractivity contribution in [1.29, 1.82) is 0 Å². The number of hydrogen-bond acceptors (Lipinski definition) is 9. The van der Waals surface area contributed by atoms with Gasteiger partial charge in [0, 0.05) is 0 Å². The van der Waals surface area contributed by atoms with Crippen molar-refractivity contribution in [3.8, 4) is 0 Å². The molecule has 0 radical (unpaired) electrons. The first-order valence-corrected chi connectivity index (χ1v) is 9.96. The van der Waals surface area contributed by atoms with Crippen molar-refractivity contribution in [2.75, 3.05) is 13.2 Å². The summed E-state index contributed by atoms with van der Waals surface area (Å²) in [5.74, 6) is -2.59. The molecule has 4 atom stereocenters. The third-order valence-corrected chi connectivity index (χ3v) is 4.20. The van der Waals surface area contributed by atoms with E-state index in [1.165, 1.54) is 12.8 Å². The highest BCUT2D eigenvalue weighted by molar-refractivity contribution is 7.46. The molecular weight excluding hydrogens is 418 g/mol. The van der Waals surface area contributed by atoms with E-state index in [2.05, 4.69) is 16.4 Å². The number of phosphoric acid groups is 1. The molecule has 13 nitrogen and oxygen atoms in total. The lowest BCUT2D eigenvalue weighted by Crippen LogP contribution is -2.38. The van der Waals surface area contributed by atoms with E-state index >= 15 is 0 Å². The van der Waals surface area contributed by atoms with Gasteiger partial charge in [-0.05, 0) is 13.0 Å². The lowest BCUT2D eigenvalue weighted by atomic mass is 10.1. The highest BCUT2D eigenvalue weighted by Gasteiger charge is 2.45. The number of ether oxygens (including phenoxy) is 1. The molecule has 1 aliphatic rings. The molecule has 15 heteroatoms. The highest BCUT2D eigenvalue weighted by Crippen LogP contribution is 2.38. The molecular formula is C14H24FN4O9P. The fourth-order valence-corrected chi connectivity index (χ4v) is 2.64. The summed E-state index contributed by atoms with van der Waals surface area (Å²) in [5, 5.41) is 19.7. The molecule has 2 rings (SSSR count). The lowest BCUT2D eigenvalue weighted by Gasteiger charge is -2.18. The normalized spacial score (nSPS) is 24.1. The predicted molar refractivity (Wildman–Crippen MR) is 94.9 cm³/mol. The predicted octanol–water partition coefficient (Wildman–Crippen LogP) is -2.04. The Morgan fingerprint density at radius 2 is 2.03 bits per heavy atom. The lowest BCUT2D eigenvalue weighted by molar-refractivity contribution is -0.0542. The van der Waals surface area contributed by atoms with Gasteiger partial charge in [0.25, 0.3) is 11.5 Å². The van der Waals surface area contributed by atoms with E-state index in [-0.39, 0.29) is 0 Å². The van der Waals surface area contributed by atoms with Crippen LogP contribution in [0.25, 0.3) is 0 Å². The van der Waals surface area contributed by atoms with Crippen LogP contribution in [0.2, 0.25) is 0 Å². The monoisotopic (exact) mass is 442 g/mol. The first kappa shape index (κ1) is 25.3. The van der Waals surface area contributed by atoms with E-state index in [1.807, 2.05) is 0 Å². The van der Waals surface area contributed by atoms with Crippen LogP contribution < -0.4 is 17.0 Å². The van der Waals surface area contributed by atoms with E-state index in [4.69, 9.17) is 26.0 Å². The number of unbranched alkanes of at least 4 members (excludes halogenated alkanes) is 1. The van der Waals surface area contributed by atoms with Crippen LogP contribution in [0.15, 0.2) is 11.0 Å². The van der Waals surface area contributed by atoms with Crippen molar-refractivity contribution < 1.29 is 43.0 Å². The summed E-state index contributed by atoms with van der Waals surface area (Å²) < 4.78 is 33.8. The molecule has 0 unspecified atom stereocenters. The van der Waals surface area contributed by atoms with Gasteiger partial charge in [-0.15, -0.1) is 0 Å². The average molecular weight is 442 g/mol. The molecule has 0 aliphatic carbocycles. The zero-order chi connectivity index (χ0) is 22.4. The maximum Gasteiger partial charge on any atom is 0.469 e. The molecule has 2 heterocycles. The van der Waals surface area contributed by atoms with Crippen LogP contribution >= 0.6 is 7.82 Å². The Balaban J connectivity index is 0.000000749. The van der Waals surface area contributed by atoms with E-state index in [0.717, 1.165) is 6.54 Å². The number of carbonyl (C=O) groups is 1. The molecule has 0 bridgehead atoms. The summed E-state index contributed by atoms with van der Waals surface area (Å²) in [6.45, 7) is 2.16. The minimum absolute atomic E-state index is 0.452. The fourth-order valence-electron chi connectivity index (χ4n) is 2.30. The Bertz CT molecular complexity index is 800. The number of phosphoric ester groups is 1. The SMILES string of the molecule is CCCCN.NC(=O)c1nc(F)cn([C@@H]2O[C@H](COP(=O)(O)O)[C@@H](O)[C@H]2O)c1=O. The summed E-state index contributed by atoms with van der Waals surface area (Å²) in [5.41, 5.74) is 7.90. The van der Waals surface area contributed by atoms with Gasteiger partial charge in [-0.1, -0.05) is 13.3 Å². The minimum Gasteiger partial charge on any atom is -0.387 e. The van der Waals surface area contributed by atoms with Crippen molar-refractivity contribution in [3.63, 3.8) is 0 Å². The third-order valence-electron chi connectivity index (χ3n) is 3.71. The van der Waals surface area contributed by atoms with Crippen LogP contribution in [0, 0.1) is 5.95 Å². The van der Waals surface area contributed by atoms with Gasteiger partial charge in [0.2, 0.25) is 5.95 Å². The molecule has 1 aliphatic heterocycles. The Kier molecular flexibility index (Phi) is 9.45. The van der Waals surface area contributed by atoms with Gasteiger partial charge >= 0.3 is 7.82 Å². The maximum atomic E-state index is 13.4. The molecule has 1 amide bonds. The van der Waals surface area contributed by atoms with Gasteiger partial charge in [-0.3, -0.25) is 18.7 Å². The number of aliphatic hydroxyl groups excluding tert-OH is 2. The first-order valence-electron chi connectivity index (χ1n) is 8.43. The number of nitrogens with zero attached hydrogens (tertiary/aromatic N) is 2. The molecule has 0 aromatic carbocycles. The van der Waals surface area contributed by atoms with Gasteiger partial charge in [-0.25, -0.2) is 9.55 Å². The molecule has 166 valence electrons. The third kappa shape index (κ3) is 7.21. The molecule has 1 aromatic heterocycles. The average Bonchev–Trinajstić information content (AvgIpc) is 2.90. The second kappa shape index (κ2) is 10.8. The van der Waals surface area contributed by atoms with Gasteiger partial charge < -0.3 is 36.2 Å². The summed E-state index contributed by atoms with van der Waals surface area (Å²) in [4.78, 5) is 43.4. The van der Waals surface area contributed by atoms with Crippen LogP contribution in [0.1, 0.15) is 36.5 Å². The number of halogens is 1. The van der Waals surface area contributed by atoms with Gasteiger partial charge in [0.15, 0.2) is 11.9 Å². The number of rotatable bonds is 7. The van der Waals surface area contributed by atoms with Gasteiger partial charge in [0.1, 0.15) is 18.3 Å². The molecule has 8 N–H and O–H groups in total. The van der Waals surface area contributed by atoms with Crippen LogP contribution in [0.4, 0.5) is 4.39 Å². The second-order valence-electron chi connectivity index (χ2n) is 5.96. The van der Waals surface area contributed by atoms with Crippen molar-refractivity contribution in [3.05, 3.63) is 28.2 Å². The standard InChI is InChI=1S/C10H13FN3O9P.C4H11N/c11-4-1-14(9(18)5(13-4)8(12)17)10-7(16)6(15)3(23-10)2-22-24(19,20)21;1-2-3-4-5/h1,3,6-7,10,15-16H,2H2,(H2,12,17)(H2,19,20,21);2-5H2,1H3/t3-,6-,7-,10-;/m1./s1. The number of amides is 1. The van der Waals surface area contributed by atoms with Crippen molar-refractivity contribution in [2.24, 2.45) is 11.5 Å². The van der Waals surface area contributed by atoms with Crippen LogP contribution in [0.3, 0.4) is 0 Å². The maximum absolute atomic E-state index is 13.4. The Morgan fingerprint density at radius 1 is 1.41 bits per heavy atom. The largest absolute Gasteiger partial charge is 0.469 e. The number of aliphatic hydroxyl groups is 2. The Labute approximate surface area is 164 Å². The van der Waals surface area contributed by atoms with Crippen molar-refractivity contribution in [1.82, 2.24) is 9.55 Å². The summed E-state index contributed by atoms with van der Waals surface area (Å²) in [7, 11) is -4.87. The number of aromatic nitrogens is 2. The molecule has 1 saturated heterocycles. The summed E-state index contributed by atoms with van der Waals surface area (Å²) in [6, 6.07) is 0. The van der Waals surface area contributed by atoms with Crippen LogP contribution in [0.5, 0.6) is 0 Å². The number of hydrogen-bond donors (Lipinski definition) is 6. The van der Waals surface area contributed by atoms with E-state index in [1.54, 1.807) is 0 Å². The zero-order valence-electron chi connectivity index (χ0n) is 15.4. The van der Waals surface area contributed by atoms with E-state index in [0.29, 0.717) is 10.8 Å². The van der Waals surface area contributed by atoms with Crippen LogP contribution in [-0.2, 0) is 13.8 Å².